The first-order chi connectivity index (χ1) is 12.1. The Morgan fingerprint density at radius 2 is 1.52 bits per heavy atom. The summed E-state index contributed by atoms with van der Waals surface area (Å²) < 4.78 is 7.30. The van der Waals surface area contributed by atoms with Crippen LogP contribution < -0.4 is 10.2 Å². The van der Waals surface area contributed by atoms with E-state index in [1.54, 1.807) is 4.57 Å². The molecule has 2 N–H and O–H groups in total. The summed E-state index contributed by atoms with van der Waals surface area (Å²) in [6.07, 6.45) is 2.63. The minimum Gasteiger partial charge on any atom is -0.503 e. The molecule has 3 aromatic rings. The molecule has 0 fully saturated rings. The number of pyridine rings is 1. The molecule has 0 unspecified atom stereocenters. The maximum atomic E-state index is 11.4. The zero-order valence-corrected chi connectivity index (χ0v) is 13.8. The van der Waals surface area contributed by atoms with E-state index >= 15 is 0 Å². The van der Waals surface area contributed by atoms with Crippen LogP contribution in [0.5, 0.6) is 17.2 Å². The molecule has 1 aromatic heterocycles. The molecule has 0 amide bonds. The lowest BCUT2D eigenvalue weighted by molar-refractivity contribution is 0.341. The Hall–Kier alpha value is -3.21. The van der Waals surface area contributed by atoms with E-state index in [1.165, 1.54) is 12.4 Å². The third-order valence-electron chi connectivity index (χ3n) is 3.89. The molecule has 2 aromatic carbocycles. The van der Waals surface area contributed by atoms with Gasteiger partial charge in [0.1, 0.15) is 5.75 Å². The summed E-state index contributed by atoms with van der Waals surface area (Å²) in [5.41, 5.74) is 2.15. The summed E-state index contributed by atoms with van der Waals surface area (Å²) in [6.45, 7) is 2.90. The molecule has 0 saturated carbocycles. The van der Waals surface area contributed by atoms with Gasteiger partial charge in [-0.2, -0.15) is 0 Å². The monoisotopic (exact) mass is 337 g/mol. The van der Waals surface area contributed by atoms with Crippen LogP contribution in [0.3, 0.4) is 0 Å². The average Bonchev–Trinajstić information content (AvgIpc) is 2.61. The van der Waals surface area contributed by atoms with Gasteiger partial charge in [-0.1, -0.05) is 42.5 Å². The van der Waals surface area contributed by atoms with Crippen LogP contribution in [0.15, 0.2) is 65.7 Å². The topological polar surface area (TPSA) is 71.7 Å². The Morgan fingerprint density at radius 3 is 2.20 bits per heavy atom. The normalized spacial score (nSPS) is 10.6. The molecule has 5 heteroatoms. The Kier molecular flexibility index (Phi) is 4.75. The molecule has 128 valence electrons. The van der Waals surface area contributed by atoms with Crippen LogP contribution >= 0.6 is 0 Å². The van der Waals surface area contributed by atoms with E-state index in [9.17, 15) is 15.0 Å². The molecule has 0 spiro atoms. The van der Waals surface area contributed by atoms with E-state index in [2.05, 4.69) is 0 Å². The highest BCUT2D eigenvalue weighted by Crippen LogP contribution is 2.32. The molecule has 0 bridgehead atoms. The lowest BCUT2D eigenvalue weighted by atomic mass is 9.98. The molecule has 0 aliphatic rings. The van der Waals surface area contributed by atoms with Crippen molar-refractivity contribution < 1.29 is 14.9 Å². The van der Waals surface area contributed by atoms with Crippen molar-refractivity contribution in [2.45, 2.75) is 13.5 Å². The molecule has 0 atom stereocenters. The van der Waals surface area contributed by atoms with Gasteiger partial charge in [-0.15, -0.1) is 0 Å². The predicted octanol–water partition coefficient (Wildman–Crippen LogP) is 3.37. The summed E-state index contributed by atoms with van der Waals surface area (Å²) >= 11 is 0. The maximum absolute atomic E-state index is 11.4. The maximum Gasteiger partial charge on any atom is 0.264 e. The van der Waals surface area contributed by atoms with Gasteiger partial charge >= 0.3 is 0 Å². The minimum absolute atomic E-state index is 0.387. The molecule has 0 aliphatic carbocycles. The van der Waals surface area contributed by atoms with Crippen LogP contribution in [0.25, 0.3) is 11.1 Å². The van der Waals surface area contributed by atoms with Gasteiger partial charge in [0.25, 0.3) is 5.43 Å². The Balaban J connectivity index is 2.04. The van der Waals surface area contributed by atoms with Gasteiger partial charge in [-0.05, 0) is 24.1 Å². The van der Waals surface area contributed by atoms with Crippen molar-refractivity contribution in [1.82, 2.24) is 4.57 Å². The van der Waals surface area contributed by atoms with Crippen LogP contribution in [-0.2, 0) is 6.54 Å². The Morgan fingerprint density at radius 1 is 0.920 bits per heavy atom. The van der Waals surface area contributed by atoms with Crippen molar-refractivity contribution in [1.29, 1.82) is 0 Å². The SMILES string of the molecule is CCOc1ccccc1-c1ccccc1Cn1cc(O)c(=O)c(O)c1. The number of rotatable bonds is 5. The first kappa shape index (κ1) is 16.6. The van der Waals surface area contributed by atoms with E-state index < -0.39 is 16.9 Å². The van der Waals surface area contributed by atoms with Crippen molar-refractivity contribution in [2.75, 3.05) is 6.61 Å². The van der Waals surface area contributed by atoms with Gasteiger partial charge in [0.15, 0.2) is 11.5 Å². The zero-order valence-electron chi connectivity index (χ0n) is 13.8. The van der Waals surface area contributed by atoms with Gasteiger partial charge in [-0.25, -0.2) is 0 Å². The van der Waals surface area contributed by atoms with E-state index in [0.29, 0.717) is 13.2 Å². The van der Waals surface area contributed by atoms with Crippen molar-refractivity contribution in [3.05, 3.63) is 76.7 Å². The molecule has 5 nitrogen and oxygen atoms in total. The zero-order chi connectivity index (χ0) is 17.8. The number of aromatic nitrogens is 1. The summed E-state index contributed by atoms with van der Waals surface area (Å²) in [5, 5.41) is 19.3. The Bertz CT molecular complexity index is 920. The number of aromatic hydroxyl groups is 2. The lowest BCUT2D eigenvalue weighted by Gasteiger charge is -2.15. The molecule has 0 radical (unpaired) electrons. The molecule has 3 rings (SSSR count). The number of ether oxygens (including phenoxy) is 1. The van der Waals surface area contributed by atoms with Crippen LogP contribution in [-0.4, -0.2) is 21.4 Å². The number of nitrogens with zero attached hydrogens (tertiary/aromatic N) is 1. The predicted molar refractivity (Wildman–Crippen MR) is 96.2 cm³/mol. The number of hydrogen-bond donors (Lipinski definition) is 2. The van der Waals surface area contributed by atoms with Gasteiger partial charge in [0, 0.05) is 12.1 Å². The van der Waals surface area contributed by atoms with E-state index in [0.717, 1.165) is 22.4 Å². The summed E-state index contributed by atoms with van der Waals surface area (Å²) in [4.78, 5) is 11.4. The van der Waals surface area contributed by atoms with Crippen molar-refractivity contribution in [3.8, 4) is 28.4 Å². The van der Waals surface area contributed by atoms with Gasteiger partial charge < -0.3 is 19.5 Å². The highest BCUT2D eigenvalue weighted by molar-refractivity contribution is 5.73. The lowest BCUT2D eigenvalue weighted by Crippen LogP contribution is -2.08. The average molecular weight is 337 g/mol. The second kappa shape index (κ2) is 7.13. The minimum atomic E-state index is -0.772. The number of para-hydroxylation sites is 1. The van der Waals surface area contributed by atoms with Crippen molar-refractivity contribution >= 4 is 0 Å². The highest BCUT2D eigenvalue weighted by atomic mass is 16.5. The van der Waals surface area contributed by atoms with Crippen molar-refractivity contribution in [2.24, 2.45) is 0 Å². The highest BCUT2D eigenvalue weighted by Gasteiger charge is 2.11. The summed E-state index contributed by atoms with van der Waals surface area (Å²) in [6, 6.07) is 15.6. The number of hydrogen-bond acceptors (Lipinski definition) is 4. The molecule has 25 heavy (non-hydrogen) atoms. The van der Waals surface area contributed by atoms with Crippen LogP contribution in [0, 0.1) is 0 Å². The van der Waals surface area contributed by atoms with E-state index in [-0.39, 0.29) is 0 Å². The smallest absolute Gasteiger partial charge is 0.264 e. The van der Waals surface area contributed by atoms with Gasteiger partial charge in [0.2, 0.25) is 0 Å². The summed E-state index contributed by atoms with van der Waals surface area (Å²) in [5.74, 6) is -0.164. The van der Waals surface area contributed by atoms with Crippen molar-refractivity contribution in [3.63, 3.8) is 0 Å². The fraction of sp³-hybridized carbons (Fsp3) is 0.150. The van der Waals surface area contributed by atoms with Crippen LogP contribution in [0.1, 0.15) is 12.5 Å². The third-order valence-corrected chi connectivity index (χ3v) is 3.89. The first-order valence-electron chi connectivity index (χ1n) is 8.02. The van der Waals surface area contributed by atoms with E-state index in [4.69, 9.17) is 4.74 Å². The number of benzene rings is 2. The van der Waals surface area contributed by atoms with Crippen LogP contribution in [0.4, 0.5) is 0 Å². The molecular formula is C20H19NO4. The molecular weight excluding hydrogens is 318 g/mol. The third kappa shape index (κ3) is 3.50. The quantitative estimate of drug-likeness (QED) is 0.749. The summed E-state index contributed by atoms with van der Waals surface area (Å²) in [7, 11) is 0. The van der Waals surface area contributed by atoms with Gasteiger partial charge in [0.05, 0.1) is 19.0 Å². The first-order valence-corrected chi connectivity index (χ1v) is 8.02. The fourth-order valence-electron chi connectivity index (χ4n) is 2.78. The standard InChI is InChI=1S/C20H19NO4/c1-2-25-19-10-6-5-9-16(19)15-8-4-3-7-14(15)11-21-12-17(22)20(24)18(23)13-21/h3-10,12-13,22-23H,2,11H2,1H3. The molecule has 1 heterocycles. The van der Waals surface area contributed by atoms with Gasteiger partial charge in [-0.3, -0.25) is 4.79 Å². The molecule has 0 saturated heterocycles. The Labute approximate surface area is 145 Å². The second-order valence-electron chi connectivity index (χ2n) is 5.62. The molecule has 0 aliphatic heterocycles. The largest absolute Gasteiger partial charge is 0.503 e. The fourth-order valence-corrected chi connectivity index (χ4v) is 2.78. The van der Waals surface area contributed by atoms with Crippen LogP contribution in [0.2, 0.25) is 0 Å². The second-order valence-corrected chi connectivity index (χ2v) is 5.62. The van der Waals surface area contributed by atoms with E-state index in [1.807, 2.05) is 55.5 Å².